The molecular formula is C25H53NO. The van der Waals surface area contributed by atoms with Gasteiger partial charge in [0.25, 0.3) is 0 Å². The van der Waals surface area contributed by atoms with Gasteiger partial charge in [-0.2, -0.15) is 0 Å². The van der Waals surface area contributed by atoms with Crippen molar-refractivity contribution in [2.24, 2.45) is 0 Å². The number of rotatable bonds is 22. The zero-order valence-corrected chi connectivity index (χ0v) is 19.3. The van der Waals surface area contributed by atoms with E-state index in [4.69, 9.17) is 0 Å². The van der Waals surface area contributed by atoms with Crippen LogP contribution in [0, 0.1) is 0 Å². The lowest BCUT2D eigenvalue weighted by molar-refractivity contribution is 0.114. The second-order valence-electron chi connectivity index (χ2n) is 8.86. The minimum absolute atomic E-state index is 0.127. The number of hydrogen-bond acceptors (Lipinski definition) is 2. The molecular weight excluding hydrogens is 330 g/mol. The second-order valence-corrected chi connectivity index (χ2v) is 8.86. The van der Waals surface area contributed by atoms with Gasteiger partial charge in [0.1, 0.15) is 0 Å². The Labute approximate surface area is 172 Å². The maximum absolute atomic E-state index is 10.2. The first-order valence-corrected chi connectivity index (χ1v) is 12.6. The molecule has 0 radical (unpaired) electrons. The number of aliphatic hydroxyl groups excluding tert-OH is 1. The van der Waals surface area contributed by atoms with E-state index in [1.807, 2.05) is 0 Å². The van der Waals surface area contributed by atoms with Gasteiger partial charge in [-0.15, -0.1) is 0 Å². The summed E-state index contributed by atoms with van der Waals surface area (Å²) in [5.74, 6) is 0. The summed E-state index contributed by atoms with van der Waals surface area (Å²) in [4.78, 5) is 2.33. The van der Waals surface area contributed by atoms with Crippen molar-refractivity contribution < 1.29 is 5.11 Å². The van der Waals surface area contributed by atoms with Crippen LogP contribution in [-0.4, -0.2) is 36.2 Å². The number of unbranched alkanes of at least 4 members (excludes halogenated alkanes) is 16. The number of aliphatic hydroxyl groups is 1. The molecule has 0 aromatic rings. The van der Waals surface area contributed by atoms with Gasteiger partial charge in [-0.3, -0.25) is 0 Å². The van der Waals surface area contributed by atoms with E-state index in [1.54, 1.807) is 0 Å². The van der Waals surface area contributed by atoms with Gasteiger partial charge in [0.15, 0.2) is 0 Å². The molecule has 1 atom stereocenters. The van der Waals surface area contributed by atoms with Crippen LogP contribution < -0.4 is 0 Å². The summed E-state index contributed by atoms with van der Waals surface area (Å²) in [6.07, 6.45) is 25.6. The molecule has 0 fully saturated rings. The lowest BCUT2D eigenvalue weighted by Crippen LogP contribution is -2.29. The minimum atomic E-state index is -0.127. The molecule has 2 nitrogen and oxygen atoms in total. The van der Waals surface area contributed by atoms with Gasteiger partial charge in [0.2, 0.25) is 0 Å². The van der Waals surface area contributed by atoms with Crippen LogP contribution >= 0.6 is 0 Å². The zero-order chi connectivity index (χ0) is 20.0. The molecule has 0 aromatic carbocycles. The molecule has 0 spiro atoms. The van der Waals surface area contributed by atoms with Crippen LogP contribution in [0.5, 0.6) is 0 Å². The number of nitrogens with zero attached hydrogens (tertiary/aromatic N) is 1. The highest BCUT2D eigenvalue weighted by Gasteiger charge is 2.07. The monoisotopic (exact) mass is 383 g/mol. The summed E-state index contributed by atoms with van der Waals surface area (Å²) in [5.41, 5.74) is 0. The third-order valence-electron chi connectivity index (χ3n) is 5.81. The van der Waals surface area contributed by atoms with Crippen LogP contribution in [0.2, 0.25) is 0 Å². The van der Waals surface area contributed by atoms with Gasteiger partial charge in [0.05, 0.1) is 6.10 Å². The molecule has 0 saturated heterocycles. The highest BCUT2D eigenvalue weighted by molar-refractivity contribution is 4.62. The molecule has 0 saturated carbocycles. The highest BCUT2D eigenvalue weighted by Crippen LogP contribution is 2.12. The highest BCUT2D eigenvalue weighted by atomic mass is 16.3. The molecule has 27 heavy (non-hydrogen) atoms. The lowest BCUT2D eigenvalue weighted by atomic mass is 10.1. The SMILES string of the molecule is CCCCCCCCCCCCN(C)CC(O)CCCCCCCCCC. The molecule has 0 heterocycles. The van der Waals surface area contributed by atoms with Crippen molar-refractivity contribution in [2.75, 3.05) is 20.1 Å². The van der Waals surface area contributed by atoms with Crippen molar-refractivity contribution in [3.05, 3.63) is 0 Å². The summed E-state index contributed by atoms with van der Waals surface area (Å²) in [6, 6.07) is 0. The summed E-state index contributed by atoms with van der Waals surface area (Å²) in [6.45, 7) is 6.56. The van der Waals surface area contributed by atoms with Gasteiger partial charge in [-0.1, -0.05) is 123 Å². The lowest BCUT2D eigenvalue weighted by Gasteiger charge is -2.20. The second kappa shape index (κ2) is 22.2. The molecule has 0 aliphatic rings. The quantitative estimate of drug-likeness (QED) is 0.193. The molecule has 0 bridgehead atoms. The van der Waals surface area contributed by atoms with Crippen LogP contribution in [0.25, 0.3) is 0 Å². The van der Waals surface area contributed by atoms with Gasteiger partial charge in [0, 0.05) is 6.54 Å². The van der Waals surface area contributed by atoms with Crippen LogP contribution in [0.1, 0.15) is 136 Å². The molecule has 0 aliphatic heterocycles. The molecule has 1 N–H and O–H groups in total. The van der Waals surface area contributed by atoms with Gasteiger partial charge in [-0.25, -0.2) is 0 Å². The van der Waals surface area contributed by atoms with Crippen molar-refractivity contribution in [1.29, 1.82) is 0 Å². The fourth-order valence-corrected chi connectivity index (χ4v) is 3.93. The molecule has 2 heteroatoms. The number of likely N-dealkylation sites (N-methyl/N-ethyl adjacent to an activating group) is 1. The van der Waals surface area contributed by atoms with E-state index in [9.17, 15) is 5.11 Å². The fraction of sp³-hybridized carbons (Fsp3) is 1.00. The Kier molecular flexibility index (Phi) is 22.1. The van der Waals surface area contributed by atoms with E-state index in [-0.39, 0.29) is 6.10 Å². The van der Waals surface area contributed by atoms with Crippen molar-refractivity contribution in [2.45, 2.75) is 142 Å². The summed E-state index contributed by atoms with van der Waals surface area (Å²) in [5, 5.41) is 10.2. The van der Waals surface area contributed by atoms with Crippen molar-refractivity contribution >= 4 is 0 Å². The van der Waals surface area contributed by atoms with E-state index >= 15 is 0 Å². The Morgan fingerprint density at radius 2 is 0.926 bits per heavy atom. The third-order valence-corrected chi connectivity index (χ3v) is 5.81. The maximum Gasteiger partial charge on any atom is 0.0667 e. The van der Waals surface area contributed by atoms with E-state index in [2.05, 4.69) is 25.8 Å². The summed E-state index contributed by atoms with van der Waals surface area (Å²) < 4.78 is 0. The third kappa shape index (κ3) is 22.1. The van der Waals surface area contributed by atoms with E-state index in [0.717, 1.165) is 19.5 Å². The molecule has 164 valence electrons. The molecule has 0 rings (SSSR count). The molecule has 0 aliphatic carbocycles. The standard InChI is InChI=1S/C25H53NO/c1-4-6-8-10-12-14-15-17-19-21-23-26(3)24-25(27)22-20-18-16-13-11-9-7-5-2/h25,27H,4-24H2,1-3H3. The Morgan fingerprint density at radius 3 is 1.37 bits per heavy atom. The van der Waals surface area contributed by atoms with E-state index in [0.29, 0.717) is 0 Å². The van der Waals surface area contributed by atoms with Crippen LogP contribution in [0.3, 0.4) is 0 Å². The van der Waals surface area contributed by atoms with Gasteiger partial charge < -0.3 is 10.0 Å². The molecule has 1 unspecified atom stereocenters. The predicted molar refractivity (Wildman–Crippen MR) is 123 cm³/mol. The molecule has 0 amide bonds. The normalized spacial score (nSPS) is 12.8. The van der Waals surface area contributed by atoms with E-state index < -0.39 is 0 Å². The Morgan fingerprint density at radius 1 is 0.556 bits per heavy atom. The van der Waals surface area contributed by atoms with Gasteiger partial charge >= 0.3 is 0 Å². The summed E-state index contributed by atoms with van der Waals surface area (Å²) >= 11 is 0. The maximum atomic E-state index is 10.2. The average molecular weight is 384 g/mol. The van der Waals surface area contributed by atoms with E-state index in [1.165, 1.54) is 116 Å². The average Bonchev–Trinajstić information content (AvgIpc) is 2.65. The Balaban J connectivity index is 3.30. The fourth-order valence-electron chi connectivity index (χ4n) is 3.93. The van der Waals surface area contributed by atoms with Crippen LogP contribution in [-0.2, 0) is 0 Å². The zero-order valence-electron chi connectivity index (χ0n) is 19.3. The van der Waals surface area contributed by atoms with Crippen molar-refractivity contribution in [3.63, 3.8) is 0 Å². The summed E-state index contributed by atoms with van der Waals surface area (Å²) in [7, 11) is 2.17. The van der Waals surface area contributed by atoms with Crippen molar-refractivity contribution in [1.82, 2.24) is 4.90 Å². The van der Waals surface area contributed by atoms with Crippen LogP contribution in [0.4, 0.5) is 0 Å². The first-order chi connectivity index (χ1) is 13.2. The Bertz CT molecular complexity index is 269. The Hall–Kier alpha value is -0.0800. The first-order valence-electron chi connectivity index (χ1n) is 12.6. The van der Waals surface area contributed by atoms with Gasteiger partial charge in [-0.05, 0) is 26.4 Å². The van der Waals surface area contributed by atoms with Crippen LogP contribution in [0.15, 0.2) is 0 Å². The molecule has 0 aromatic heterocycles. The first kappa shape index (κ1) is 26.9. The largest absolute Gasteiger partial charge is 0.392 e. The number of hydrogen-bond donors (Lipinski definition) is 1. The predicted octanol–water partition coefficient (Wildman–Crippen LogP) is 7.73. The van der Waals surface area contributed by atoms with Crippen molar-refractivity contribution in [3.8, 4) is 0 Å². The topological polar surface area (TPSA) is 23.5 Å². The minimum Gasteiger partial charge on any atom is -0.392 e. The smallest absolute Gasteiger partial charge is 0.0667 e.